The van der Waals surface area contributed by atoms with E-state index in [4.69, 9.17) is 5.73 Å². The molecule has 2 N–H and O–H groups in total. The summed E-state index contributed by atoms with van der Waals surface area (Å²) in [5, 5.41) is 0. The standard InChI is InChI=1S/C17H30N2O/c1-17(2,3)15(18)16(20)19(4)14-12-6-10-5-11(8-12)9-13(14)7-10/h10-15H,5-9,18H2,1-4H3. The monoisotopic (exact) mass is 278 g/mol. The molecule has 3 nitrogen and oxygen atoms in total. The van der Waals surface area contributed by atoms with Gasteiger partial charge in [-0.05, 0) is 61.2 Å². The molecule has 4 fully saturated rings. The third kappa shape index (κ3) is 2.28. The van der Waals surface area contributed by atoms with Crippen LogP contribution in [0.4, 0.5) is 0 Å². The molecule has 3 heteroatoms. The van der Waals surface area contributed by atoms with Crippen LogP contribution >= 0.6 is 0 Å². The van der Waals surface area contributed by atoms with Crippen LogP contribution in [0.5, 0.6) is 0 Å². The molecule has 1 atom stereocenters. The van der Waals surface area contributed by atoms with Crippen LogP contribution in [0.2, 0.25) is 0 Å². The lowest BCUT2D eigenvalue weighted by molar-refractivity contribution is -0.144. The summed E-state index contributed by atoms with van der Waals surface area (Å²) in [6, 6.07) is 0.0772. The fourth-order valence-electron chi connectivity index (χ4n) is 5.27. The molecular weight excluding hydrogens is 248 g/mol. The van der Waals surface area contributed by atoms with Gasteiger partial charge in [0.1, 0.15) is 0 Å². The molecule has 114 valence electrons. The van der Waals surface area contributed by atoms with Gasteiger partial charge in [0, 0.05) is 13.1 Å². The van der Waals surface area contributed by atoms with Crippen molar-refractivity contribution in [1.29, 1.82) is 0 Å². The van der Waals surface area contributed by atoms with Crippen molar-refractivity contribution in [3.05, 3.63) is 0 Å². The molecular formula is C17H30N2O. The second kappa shape index (κ2) is 4.72. The molecule has 4 aliphatic carbocycles. The van der Waals surface area contributed by atoms with E-state index in [1.807, 2.05) is 11.9 Å². The maximum atomic E-state index is 12.7. The van der Waals surface area contributed by atoms with Crippen molar-refractivity contribution in [2.75, 3.05) is 7.05 Å². The first-order valence-corrected chi connectivity index (χ1v) is 8.29. The van der Waals surface area contributed by atoms with Crippen LogP contribution in [0.25, 0.3) is 0 Å². The van der Waals surface area contributed by atoms with E-state index in [0.29, 0.717) is 6.04 Å². The number of nitrogens with zero attached hydrogens (tertiary/aromatic N) is 1. The Bertz CT molecular complexity index is 370. The van der Waals surface area contributed by atoms with Gasteiger partial charge in [-0.2, -0.15) is 0 Å². The first-order valence-electron chi connectivity index (χ1n) is 8.29. The van der Waals surface area contributed by atoms with Gasteiger partial charge in [-0.1, -0.05) is 20.8 Å². The zero-order valence-electron chi connectivity index (χ0n) is 13.4. The van der Waals surface area contributed by atoms with Crippen LogP contribution in [0.3, 0.4) is 0 Å². The molecule has 0 saturated heterocycles. The van der Waals surface area contributed by atoms with Crippen molar-refractivity contribution in [2.45, 2.75) is 65.0 Å². The number of carbonyl (C=O) groups is 1. The van der Waals surface area contributed by atoms with Crippen LogP contribution in [-0.2, 0) is 4.79 Å². The van der Waals surface area contributed by atoms with Gasteiger partial charge in [0.2, 0.25) is 5.91 Å². The van der Waals surface area contributed by atoms with Gasteiger partial charge < -0.3 is 10.6 Å². The quantitative estimate of drug-likeness (QED) is 0.844. The first-order chi connectivity index (χ1) is 9.27. The summed E-state index contributed by atoms with van der Waals surface area (Å²) >= 11 is 0. The van der Waals surface area contributed by atoms with E-state index in [2.05, 4.69) is 20.8 Å². The van der Waals surface area contributed by atoms with Gasteiger partial charge in [-0.25, -0.2) is 0 Å². The number of likely N-dealkylation sites (N-methyl/N-ethyl adjacent to an activating group) is 1. The molecule has 4 rings (SSSR count). The largest absolute Gasteiger partial charge is 0.341 e. The van der Waals surface area contributed by atoms with Crippen molar-refractivity contribution >= 4 is 5.91 Å². The van der Waals surface area contributed by atoms with Gasteiger partial charge in [-0.3, -0.25) is 4.79 Å². The molecule has 20 heavy (non-hydrogen) atoms. The summed E-state index contributed by atoms with van der Waals surface area (Å²) in [5.74, 6) is 3.54. The average molecular weight is 278 g/mol. The first kappa shape index (κ1) is 14.4. The smallest absolute Gasteiger partial charge is 0.240 e. The van der Waals surface area contributed by atoms with Crippen LogP contribution in [0.15, 0.2) is 0 Å². The minimum absolute atomic E-state index is 0.148. The summed E-state index contributed by atoms with van der Waals surface area (Å²) < 4.78 is 0. The normalized spacial score (nSPS) is 40.8. The van der Waals surface area contributed by atoms with Crippen molar-refractivity contribution in [3.63, 3.8) is 0 Å². The Balaban J connectivity index is 1.74. The molecule has 1 amide bonds. The van der Waals surface area contributed by atoms with Crippen LogP contribution in [0.1, 0.15) is 52.9 Å². The van der Waals surface area contributed by atoms with Gasteiger partial charge >= 0.3 is 0 Å². The third-order valence-electron chi connectivity index (χ3n) is 6.17. The average Bonchev–Trinajstić information content (AvgIpc) is 2.34. The van der Waals surface area contributed by atoms with E-state index in [1.54, 1.807) is 0 Å². The molecule has 0 aromatic heterocycles. The zero-order chi connectivity index (χ0) is 14.7. The molecule has 4 saturated carbocycles. The Kier molecular flexibility index (Phi) is 3.39. The highest BCUT2D eigenvalue weighted by Crippen LogP contribution is 2.55. The fraction of sp³-hybridized carbons (Fsp3) is 0.941. The highest BCUT2D eigenvalue weighted by atomic mass is 16.2. The number of hydrogen-bond donors (Lipinski definition) is 1. The predicted molar refractivity (Wildman–Crippen MR) is 81.0 cm³/mol. The molecule has 1 unspecified atom stereocenters. The summed E-state index contributed by atoms with van der Waals surface area (Å²) in [6.45, 7) is 6.17. The van der Waals surface area contributed by atoms with Crippen molar-refractivity contribution < 1.29 is 4.79 Å². The van der Waals surface area contributed by atoms with Crippen molar-refractivity contribution in [1.82, 2.24) is 4.90 Å². The summed E-state index contributed by atoms with van der Waals surface area (Å²) in [4.78, 5) is 14.7. The number of rotatable bonds is 2. The number of carbonyl (C=O) groups excluding carboxylic acids is 1. The van der Waals surface area contributed by atoms with Crippen molar-refractivity contribution in [3.8, 4) is 0 Å². The number of nitrogens with two attached hydrogens (primary N) is 1. The SMILES string of the molecule is CN(C(=O)C(N)C(C)(C)C)C1C2CC3CC(C2)CC1C3. The minimum atomic E-state index is -0.385. The zero-order valence-corrected chi connectivity index (χ0v) is 13.4. The Morgan fingerprint density at radius 1 is 1.05 bits per heavy atom. The Morgan fingerprint density at radius 2 is 1.50 bits per heavy atom. The molecule has 0 aliphatic heterocycles. The highest BCUT2D eigenvalue weighted by molar-refractivity contribution is 5.82. The Hall–Kier alpha value is -0.570. The van der Waals surface area contributed by atoms with Gasteiger partial charge in [0.15, 0.2) is 0 Å². The highest BCUT2D eigenvalue weighted by Gasteiger charge is 2.50. The predicted octanol–water partition coefficient (Wildman–Crippen LogP) is 2.64. The fourth-order valence-corrected chi connectivity index (χ4v) is 5.27. The van der Waals surface area contributed by atoms with Gasteiger partial charge in [0.25, 0.3) is 0 Å². The van der Waals surface area contributed by atoms with E-state index in [0.717, 1.165) is 23.7 Å². The number of amides is 1. The summed E-state index contributed by atoms with van der Waals surface area (Å²) in [6.07, 6.45) is 6.85. The third-order valence-corrected chi connectivity index (χ3v) is 6.17. The molecule has 0 aromatic rings. The second-order valence-electron chi connectivity index (χ2n) is 8.71. The molecule has 0 aromatic carbocycles. The maximum Gasteiger partial charge on any atom is 0.240 e. The van der Waals surface area contributed by atoms with Crippen LogP contribution < -0.4 is 5.73 Å². The van der Waals surface area contributed by atoms with E-state index >= 15 is 0 Å². The van der Waals surface area contributed by atoms with Crippen LogP contribution in [0, 0.1) is 29.1 Å². The lowest BCUT2D eigenvalue weighted by atomic mass is 9.54. The Morgan fingerprint density at radius 3 is 1.90 bits per heavy atom. The van der Waals surface area contributed by atoms with Gasteiger partial charge in [0.05, 0.1) is 6.04 Å². The lowest BCUT2D eigenvalue weighted by Gasteiger charge is -2.57. The van der Waals surface area contributed by atoms with Crippen LogP contribution in [-0.4, -0.2) is 29.9 Å². The molecule has 0 heterocycles. The molecule has 0 radical (unpaired) electrons. The van der Waals surface area contributed by atoms with E-state index < -0.39 is 0 Å². The summed E-state index contributed by atoms with van der Waals surface area (Å²) in [7, 11) is 2.00. The van der Waals surface area contributed by atoms with Gasteiger partial charge in [-0.15, -0.1) is 0 Å². The molecule has 4 aliphatic rings. The van der Waals surface area contributed by atoms with Crippen molar-refractivity contribution in [2.24, 2.45) is 34.8 Å². The second-order valence-corrected chi connectivity index (χ2v) is 8.71. The molecule has 4 bridgehead atoms. The topological polar surface area (TPSA) is 46.3 Å². The summed E-state index contributed by atoms with van der Waals surface area (Å²) in [5.41, 5.74) is 6.04. The maximum absolute atomic E-state index is 12.7. The number of hydrogen-bond acceptors (Lipinski definition) is 2. The Labute approximate surface area is 123 Å². The van der Waals surface area contributed by atoms with E-state index in [-0.39, 0.29) is 17.4 Å². The molecule has 0 spiro atoms. The minimum Gasteiger partial charge on any atom is -0.341 e. The van der Waals surface area contributed by atoms with E-state index in [9.17, 15) is 4.79 Å². The van der Waals surface area contributed by atoms with E-state index in [1.165, 1.54) is 32.1 Å². The lowest BCUT2D eigenvalue weighted by Crippen LogP contribution is -2.60.